The van der Waals surface area contributed by atoms with Gasteiger partial charge in [-0.25, -0.2) is 0 Å². The molecule has 0 saturated carbocycles. The summed E-state index contributed by atoms with van der Waals surface area (Å²) in [5.41, 5.74) is 5.75. The Morgan fingerprint density at radius 3 is 2.56 bits per heavy atom. The first kappa shape index (κ1) is 17.7. The van der Waals surface area contributed by atoms with Crippen LogP contribution >= 0.6 is 12.4 Å². The molecule has 2 atom stereocenters. The maximum absolute atomic E-state index is 12.4. The third-order valence-corrected chi connectivity index (χ3v) is 4.18. The molecule has 2 unspecified atom stereocenters. The molecule has 1 aliphatic rings. The minimum absolute atomic E-state index is 0. The standard InChI is InChI=1S/C14H28N2O.ClH/c1-5-8-14(4,15)12(17)16-10-7-9-13(3,6-2)11-16;/h5-11,15H2,1-4H3;1H. The molecule has 3 nitrogen and oxygen atoms in total. The van der Waals surface area contributed by atoms with Gasteiger partial charge in [0.25, 0.3) is 0 Å². The Kier molecular flexibility index (Phi) is 6.66. The minimum Gasteiger partial charge on any atom is -0.341 e. The second kappa shape index (κ2) is 6.76. The van der Waals surface area contributed by atoms with Crippen LogP contribution in [0.15, 0.2) is 0 Å². The van der Waals surface area contributed by atoms with Gasteiger partial charge in [-0.3, -0.25) is 4.79 Å². The van der Waals surface area contributed by atoms with Gasteiger partial charge in [-0.05, 0) is 38.0 Å². The van der Waals surface area contributed by atoms with Crippen LogP contribution in [0.3, 0.4) is 0 Å². The number of carbonyl (C=O) groups excluding carboxylic acids is 1. The predicted molar refractivity (Wildman–Crippen MR) is 79.0 cm³/mol. The second-order valence-electron chi connectivity index (χ2n) is 6.16. The van der Waals surface area contributed by atoms with E-state index in [1.807, 2.05) is 11.8 Å². The van der Waals surface area contributed by atoms with Gasteiger partial charge in [0.05, 0.1) is 5.54 Å². The summed E-state index contributed by atoms with van der Waals surface area (Å²) >= 11 is 0. The number of nitrogens with zero attached hydrogens (tertiary/aromatic N) is 1. The average Bonchev–Trinajstić information content (AvgIpc) is 2.28. The van der Waals surface area contributed by atoms with Gasteiger partial charge in [-0.1, -0.05) is 27.2 Å². The molecule has 0 radical (unpaired) electrons. The number of carbonyl (C=O) groups is 1. The van der Waals surface area contributed by atoms with Gasteiger partial charge >= 0.3 is 0 Å². The first-order valence-electron chi connectivity index (χ1n) is 6.93. The van der Waals surface area contributed by atoms with Crippen molar-refractivity contribution in [3.63, 3.8) is 0 Å². The third-order valence-electron chi connectivity index (χ3n) is 4.18. The van der Waals surface area contributed by atoms with Crippen molar-refractivity contribution in [2.75, 3.05) is 13.1 Å². The largest absolute Gasteiger partial charge is 0.341 e. The molecule has 1 rings (SSSR count). The van der Waals surface area contributed by atoms with E-state index in [2.05, 4.69) is 20.8 Å². The minimum atomic E-state index is -0.680. The van der Waals surface area contributed by atoms with Crippen LogP contribution in [0.1, 0.15) is 59.8 Å². The molecule has 1 saturated heterocycles. The summed E-state index contributed by atoms with van der Waals surface area (Å²) in [5, 5.41) is 0. The smallest absolute Gasteiger partial charge is 0.242 e. The molecule has 18 heavy (non-hydrogen) atoms. The summed E-state index contributed by atoms with van der Waals surface area (Å²) < 4.78 is 0. The molecule has 1 heterocycles. The fourth-order valence-electron chi connectivity index (χ4n) is 2.76. The zero-order valence-corrected chi connectivity index (χ0v) is 13.1. The number of nitrogens with two attached hydrogens (primary N) is 1. The van der Waals surface area contributed by atoms with Crippen LogP contribution in [0.25, 0.3) is 0 Å². The van der Waals surface area contributed by atoms with Crippen molar-refractivity contribution < 1.29 is 4.79 Å². The zero-order valence-electron chi connectivity index (χ0n) is 12.3. The zero-order chi connectivity index (χ0) is 13.1. The Balaban J connectivity index is 0.00000289. The van der Waals surface area contributed by atoms with E-state index < -0.39 is 5.54 Å². The lowest BCUT2D eigenvalue weighted by molar-refractivity contribution is -0.140. The monoisotopic (exact) mass is 276 g/mol. The van der Waals surface area contributed by atoms with E-state index in [4.69, 9.17) is 5.73 Å². The van der Waals surface area contributed by atoms with Crippen molar-refractivity contribution in [3.8, 4) is 0 Å². The summed E-state index contributed by atoms with van der Waals surface area (Å²) in [5.74, 6) is 0.138. The van der Waals surface area contributed by atoms with Gasteiger partial charge in [-0.2, -0.15) is 0 Å². The highest BCUT2D eigenvalue weighted by molar-refractivity contribution is 5.86. The number of piperidine rings is 1. The lowest BCUT2D eigenvalue weighted by Gasteiger charge is -2.42. The van der Waals surface area contributed by atoms with Crippen molar-refractivity contribution in [2.24, 2.45) is 11.1 Å². The highest BCUT2D eigenvalue weighted by Gasteiger charge is 2.37. The molecule has 1 aliphatic heterocycles. The summed E-state index contributed by atoms with van der Waals surface area (Å²) in [6, 6.07) is 0. The molecule has 0 bridgehead atoms. The van der Waals surface area contributed by atoms with Crippen LogP contribution in [-0.2, 0) is 4.79 Å². The van der Waals surface area contributed by atoms with E-state index in [1.54, 1.807) is 0 Å². The van der Waals surface area contributed by atoms with Crippen LogP contribution in [0.5, 0.6) is 0 Å². The summed E-state index contributed by atoms with van der Waals surface area (Å²) in [6.07, 6.45) is 5.19. The van der Waals surface area contributed by atoms with E-state index in [1.165, 1.54) is 6.42 Å². The van der Waals surface area contributed by atoms with E-state index in [0.717, 1.165) is 38.8 Å². The summed E-state index contributed by atoms with van der Waals surface area (Å²) in [6.45, 7) is 10.2. The highest BCUT2D eigenvalue weighted by atomic mass is 35.5. The van der Waals surface area contributed by atoms with Crippen molar-refractivity contribution in [3.05, 3.63) is 0 Å². The van der Waals surface area contributed by atoms with Crippen molar-refractivity contribution in [1.82, 2.24) is 4.90 Å². The Morgan fingerprint density at radius 2 is 2.06 bits per heavy atom. The Hall–Kier alpha value is -0.280. The molecule has 108 valence electrons. The van der Waals surface area contributed by atoms with Crippen LogP contribution in [0, 0.1) is 5.41 Å². The molecule has 0 aliphatic carbocycles. The molecular weight excluding hydrogens is 248 g/mol. The summed E-state index contributed by atoms with van der Waals surface area (Å²) in [7, 11) is 0. The van der Waals surface area contributed by atoms with E-state index in [9.17, 15) is 4.79 Å². The molecule has 1 amide bonds. The van der Waals surface area contributed by atoms with Gasteiger partial charge in [0.1, 0.15) is 0 Å². The third kappa shape index (κ3) is 4.13. The van der Waals surface area contributed by atoms with Crippen molar-refractivity contribution in [1.29, 1.82) is 0 Å². The second-order valence-corrected chi connectivity index (χ2v) is 6.16. The molecule has 4 heteroatoms. The van der Waals surface area contributed by atoms with Crippen molar-refractivity contribution >= 4 is 18.3 Å². The average molecular weight is 277 g/mol. The lowest BCUT2D eigenvalue weighted by atomic mass is 9.79. The number of likely N-dealkylation sites (tertiary alicyclic amines) is 1. The van der Waals surface area contributed by atoms with Crippen LogP contribution in [-0.4, -0.2) is 29.4 Å². The fraction of sp³-hybridized carbons (Fsp3) is 0.929. The molecule has 0 aromatic heterocycles. The maximum Gasteiger partial charge on any atom is 0.242 e. The maximum atomic E-state index is 12.4. The fourth-order valence-corrected chi connectivity index (χ4v) is 2.76. The first-order chi connectivity index (χ1) is 7.84. The number of hydrogen-bond acceptors (Lipinski definition) is 2. The van der Waals surface area contributed by atoms with Gasteiger partial charge in [-0.15, -0.1) is 12.4 Å². The molecule has 0 spiro atoms. The normalized spacial score (nSPS) is 27.3. The first-order valence-corrected chi connectivity index (χ1v) is 6.93. The van der Waals surface area contributed by atoms with E-state index in [0.29, 0.717) is 0 Å². The molecule has 0 aromatic rings. The molecule has 0 aromatic carbocycles. The van der Waals surface area contributed by atoms with Crippen LogP contribution in [0.4, 0.5) is 0 Å². The van der Waals surface area contributed by atoms with Gasteiger partial charge < -0.3 is 10.6 Å². The molecule has 2 N–H and O–H groups in total. The molecular formula is C14H29ClN2O. The number of rotatable bonds is 4. The quantitative estimate of drug-likeness (QED) is 0.858. The van der Waals surface area contributed by atoms with Crippen molar-refractivity contribution in [2.45, 2.75) is 65.3 Å². The van der Waals surface area contributed by atoms with Gasteiger partial charge in [0, 0.05) is 13.1 Å². The lowest BCUT2D eigenvalue weighted by Crippen LogP contribution is -2.56. The van der Waals surface area contributed by atoms with Gasteiger partial charge in [0.2, 0.25) is 5.91 Å². The Labute approximate surface area is 118 Å². The van der Waals surface area contributed by atoms with Gasteiger partial charge in [0.15, 0.2) is 0 Å². The van der Waals surface area contributed by atoms with Crippen LogP contribution in [0.2, 0.25) is 0 Å². The topological polar surface area (TPSA) is 46.3 Å². The molecule has 1 fully saturated rings. The van der Waals surface area contributed by atoms with Crippen LogP contribution < -0.4 is 5.73 Å². The number of amides is 1. The number of hydrogen-bond donors (Lipinski definition) is 1. The number of halogens is 1. The highest BCUT2D eigenvalue weighted by Crippen LogP contribution is 2.33. The van der Waals surface area contributed by atoms with E-state index in [-0.39, 0.29) is 23.7 Å². The SMILES string of the molecule is CCCC(C)(N)C(=O)N1CCCC(C)(CC)C1.Cl. The van der Waals surface area contributed by atoms with E-state index >= 15 is 0 Å². The Bertz CT molecular complexity index is 281. The predicted octanol–water partition coefficient (Wildman–Crippen LogP) is 2.96. The summed E-state index contributed by atoms with van der Waals surface area (Å²) in [4.78, 5) is 14.4. The Morgan fingerprint density at radius 1 is 1.44 bits per heavy atom.